The van der Waals surface area contributed by atoms with Gasteiger partial charge in [-0.15, -0.1) is 0 Å². The number of benzene rings is 3. The Morgan fingerprint density at radius 1 is 0.944 bits per heavy atom. The molecular weight excluding hydrogens is 458 g/mol. The summed E-state index contributed by atoms with van der Waals surface area (Å²) in [4.78, 5) is 37.7. The molecule has 1 aliphatic rings. The molecule has 0 aromatic heterocycles. The highest BCUT2D eigenvalue weighted by atomic mass is 16.7. The highest BCUT2D eigenvalue weighted by molar-refractivity contribution is 5.98. The summed E-state index contributed by atoms with van der Waals surface area (Å²) in [5.41, 5.74) is 1.82. The summed E-state index contributed by atoms with van der Waals surface area (Å²) in [6.07, 6.45) is 2.80. The number of carbonyl (C=O) groups is 3. The molecule has 7 heteroatoms. The van der Waals surface area contributed by atoms with E-state index in [1.165, 1.54) is 0 Å². The Kier molecular flexibility index (Phi) is 7.58. The summed E-state index contributed by atoms with van der Waals surface area (Å²) in [6, 6.07) is 18.7. The molecule has 0 saturated heterocycles. The zero-order valence-corrected chi connectivity index (χ0v) is 20.4. The van der Waals surface area contributed by atoms with Crippen LogP contribution in [-0.2, 0) is 16.1 Å². The highest BCUT2D eigenvalue weighted by Gasteiger charge is 2.40. The van der Waals surface area contributed by atoms with E-state index in [-0.39, 0.29) is 18.0 Å². The average Bonchev–Trinajstić information content (AvgIpc) is 3.30. The summed E-state index contributed by atoms with van der Waals surface area (Å²) < 4.78 is 5.33. The van der Waals surface area contributed by atoms with Crippen molar-refractivity contribution in [2.45, 2.75) is 57.6 Å². The van der Waals surface area contributed by atoms with Crippen LogP contribution in [0.4, 0.5) is 4.79 Å². The molecule has 1 fully saturated rings. The maximum Gasteiger partial charge on any atom is 0.506 e. The molecule has 7 nitrogen and oxygen atoms in total. The summed E-state index contributed by atoms with van der Waals surface area (Å²) in [6.45, 7) is 2.56. The van der Waals surface area contributed by atoms with E-state index in [2.05, 4.69) is 0 Å². The molecule has 1 aliphatic carbocycles. The summed E-state index contributed by atoms with van der Waals surface area (Å²) in [7, 11) is 0. The molecule has 2 N–H and O–H groups in total. The second-order valence-electron chi connectivity index (χ2n) is 9.50. The van der Waals surface area contributed by atoms with Gasteiger partial charge in [-0.25, -0.2) is 9.59 Å². The zero-order chi connectivity index (χ0) is 25.7. The van der Waals surface area contributed by atoms with Gasteiger partial charge in [0.05, 0.1) is 12.1 Å². The normalized spacial score (nSPS) is 14.5. The smallest absolute Gasteiger partial charge is 0.478 e. The van der Waals surface area contributed by atoms with Gasteiger partial charge < -0.3 is 19.8 Å². The maximum atomic E-state index is 13.0. The van der Waals surface area contributed by atoms with Gasteiger partial charge in [-0.1, -0.05) is 49.4 Å². The Morgan fingerprint density at radius 2 is 1.64 bits per heavy atom. The van der Waals surface area contributed by atoms with Gasteiger partial charge in [0.25, 0.3) is 0 Å². The Labute approximate surface area is 210 Å². The van der Waals surface area contributed by atoms with Crippen LogP contribution in [0.25, 0.3) is 21.9 Å². The Morgan fingerprint density at radius 3 is 2.33 bits per heavy atom. The number of carboxylic acids is 1. The van der Waals surface area contributed by atoms with Crippen molar-refractivity contribution < 1.29 is 29.3 Å². The predicted octanol–water partition coefficient (Wildman–Crippen LogP) is 6.34. The molecule has 0 heterocycles. The standard InChI is InChI=1S/C29H31NO6/c1-2-7-26(31)30(19-29(36-28(34)35)14-5-6-15-29)18-20-10-11-22-17-23(13-12-21(22)16-20)24-8-3-4-9-25(24)27(32)33/h3-4,8-13,16-17H,2,5-7,14-15,18-19H2,1H3,(H,32,33)(H,34,35). The van der Waals surface area contributed by atoms with Gasteiger partial charge in [0.1, 0.15) is 5.60 Å². The van der Waals surface area contributed by atoms with E-state index in [1.807, 2.05) is 49.4 Å². The molecule has 3 aromatic rings. The monoisotopic (exact) mass is 489 g/mol. The number of ether oxygens (including phenoxy) is 1. The lowest BCUT2D eigenvalue weighted by atomic mass is 9.96. The van der Waals surface area contributed by atoms with Gasteiger partial charge >= 0.3 is 12.1 Å². The van der Waals surface area contributed by atoms with E-state index in [0.717, 1.165) is 34.7 Å². The molecule has 0 aliphatic heterocycles. The molecule has 0 atom stereocenters. The molecule has 188 valence electrons. The minimum absolute atomic E-state index is 0.0153. The van der Waals surface area contributed by atoms with Crippen LogP contribution in [0.1, 0.15) is 61.4 Å². The van der Waals surface area contributed by atoms with E-state index in [1.54, 1.807) is 23.1 Å². The molecule has 1 saturated carbocycles. The Bertz CT molecular complexity index is 1280. The van der Waals surface area contributed by atoms with Gasteiger partial charge in [-0.2, -0.15) is 0 Å². The lowest BCUT2D eigenvalue weighted by Crippen LogP contribution is -2.46. The lowest BCUT2D eigenvalue weighted by molar-refractivity contribution is -0.136. The van der Waals surface area contributed by atoms with Crippen LogP contribution in [0.3, 0.4) is 0 Å². The summed E-state index contributed by atoms with van der Waals surface area (Å²) >= 11 is 0. The minimum atomic E-state index is -1.30. The van der Waals surface area contributed by atoms with Crippen molar-refractivity contribution in [1.82, 2.24) is 4.90 Å². The molecule has 4 rings (SSSR count). The van der Waals surface area contributed by atoms with Crippen LogP contribution in [-0.4, -0.2) is 45.3 Å². The van der Waals surface area contributed by atoms with Crippen LogP contribution in [0.2, 0.25) is 0 Å². The first-order chi connectivity index (χ1) is 17.3. The minimum Gasteiger partial charge on any atom is -0.478 e. The molecule has 1 amide bonds. The Hall–Kier alpha value is -3.87. The number of amides is 1. The van der Waals surface area contributed by atoms with Gasteiger partial charge in [0.15, 0.2) is 0 Å². The van der Waals surface area contributed by atoms with Crippen molar-refractivity contribution in [3.63, 3.8) is 0 Å². The lowest BCUT2D eigenvalue weighted by Gasteiger charge is -2.34. The first-order valence-corrected chi connectivity index (χ1v) is 12.4. The van der Waals surface area contributed by atoms with Crippen LogP contribution < -0.4 is 0 Å². The summed E-state index contributed by atoms with van der Waals surface area (Å²) in [5, 5.41) is 20.8. The number of nitrogens with zero attached hydrogens (tertiary/aromatic N) is 1. The van der Waals surface area contributed by atoms with Crippen molar-refractivity contribution in [2.75, 3.05) is 6.54 Å². The maximum absolute atomic E-state index is 13.0. The van der Waals surface area contributed by atoms with Gasteiger partial charge in [0.2, 0.25) is 5.91 Å². The zero-order valence-electron chi connectivity index (χ0n) is 20.4. The van der Waals surface area contributed by atoms with Crippen molar-refractivity contribution in [3.05, 3.63) is 71.8 Å². The van der Waals surface area contributed by atoms with Crippen LogP contribution >= 0.6 is 0 Å². The molecule has 0 unspecified atom stereocenters. The average molecular weight is 490 g/mol. The molecule has 3 aromatic carbocycles. The number of aromatic carboxylic acids is 1. The fourth-order valence-corrected chi connectivity index (χ4v) is 5.15. The third kappa shape index (κ3) is 5.67. The van der Waals surface area contributed by atoms with Crippen LogP contribution in [0.15, 0.2) is 60.7 Å². The van der Waals surface area contributed by atoms with Gasteiger partial charge in [-0.3, -0.25) is 4.79 Å². The molecular formula is C29H31NO6. The fourth-order valence-electron chi connectivity index (χ4n) is 5.15. The first kappa shape index (κ1) is 25.2. The van der Waals surface area contributed by atoms with Crippen molar-refractivity contribution >= 4 is 28.8 Å². The highest BCUT2D eigenvalue weighted by Crippen LogP contribution is 2.35. The van der Waals surface area contributed by atoms with Crippen LogP contribution in [0.5, 0.6) is 0 Å². The number of carbonyl (C=O) groups excluding carboxylic acids is 1. The van der Waals surface area contributed by atoms with E-state index in [0.29, 0.717) is 37.8 Å². The number of carboxylic acid groups (broad SMARTS) is 2. The third-order valence-electron chi connectivity index (χ3n) is 6.86. The second-order valence-corrected chi connectivity index (χ2v) is 9.50. The largest absolute Gasteiger partial charge is 0.506 e. The number of hydrogen-bond donors (Lipinski definition) is 2. The third-order valence-corrected chi connectivity index (χ3v) is 6.86. The SMILES string of the molecule is CCCC(=O)N(Cc1ccc2cc(-c3ccccc3C(=O)O)ccc2c1)CC1(OC(=O)O)CCCC1. The van der Waals surface area contributed by atoms with Crippen molar-refractivity contribution in [3.8, 4) is 11.1 Å². The molecule has 0 radical (unpaired) electrons. The van der Waals surface area contributed by atoms with Crippen LogP contribution in [0, 0.1) is 0 Å². The van der Waals surface area contributed by atoms with E-state index in [9.17, 15) is 24.6 Å². The van der Waals surface area contributed by atoms with Crippen molar-refractivity contribution in [2.24, 2.45) is 0 Å². The summed E-state index contributed by atoms with van der Waals surface area (Å²) in [5.74, 6) is -0.983. The predicted molar refractivity (Wildman–Crippen MR) is 137 cm³/mol. The molecule has 0 bridgehead atoms. The number of hydrogen-bond acceptors (Lipinski definition) is 4. The van der Waals surface area contributed by atoms with Gasteiger partial charge in [0, 0.05) is 13.0 Å². The number of rotatable bonds is 9. The van der Waals surface area contributed by atoms with E-state index >= 15 is 0 Å². The fraction of sp³-hybridized carbons (Fsp3) is 0.345. The topological polar surface area (TPSA) is 104 Å². The van der Waals surface area contributed by atoms with E-state index in [4.69, 9.17) is 4.74 Å². The molecule has 0 spiro atoms. The number of fused-ring (bicyclic) bond motifs is 1. The second kappa shape index (κ2) is 10.8. The van der Waals surface area contributed by atoms with Crippen molar-refractivity contribution in [1.29, 1.82) is 0 Å². The van der Waals surface area contributed by atoms with Gasteiger partial charge in [-0.05, 0) is 77.8 Å². The first-order valence-electron chi connectivity index (χ1n) is 12.4. The Balaban J connectivity index is 1.61. The quantitative estimate of drug-likeness (QED) is 0.340. The molecule has 36 heavy (non-hydrogen) atoms. The van der Waals surface area contributed by atoms with E-state index < -0.39 is 17.7 Å².